The Labute approximate surface area is 111 Å². The molecule has 18 heavy (non-hydrogen) atoms. The van der Waals surface area contributed by atoms with Gasteiger partial charge in [-0.15, -0.1) is 10.2 Å². The zero-order valence-corrected chi connectivity index (χ0v) is 11.2. The van der Waals surface area contributed by atoms with Gasteiger partial charge in [-0.25, -0.2) is 0 Å². The Morgan fingerprint density at radius 2 is 2.17 bits per heavy atom. The number of hydrogen-bond donors (Lipinski definition) is 1. The summed E-state index contributed by atoms with van der Waals surface area (Å²) >= 11 is 2.00. The lowest BCUT2D eigenvalue weighted by Gasteiger charge is -1.99. The fourth-order valence-electron chi connectivity index (χ4n) is 1.27. The number of aryl methyl sites for hydroxylation is 1. The average molecular weight is 291 g/mol. The molecule has 2 aromatic rings. The second kappa shape index (κ2) is 6.14. The van der Waals surface area contributed by atoms with E-state index in [4.69, 9.17) is 4.42 Å². The van der Waals surface area contributed by atoms with Crippen molar-refractivity contribution in [1.29, 1.82) is 0 Å². The molecular weight excluding hydrogens is 280 g/mol. The number of nitrogens with one attached hydrogen (secondary N) is 1. The van der Waals surface area contributed by atoms with Crippen LogP contribution in [-0.2, 0) is 12.3 Å². The van der Waals surface area contributed by atoms with E-state index >= 15 is 0 Å². The van der Waals surface area contributed by atoms with E-state index in [1.807, 2.05) is 6.92 Å². The van der Waals surface area contributed by atoms with Crippen LogP contribution < -0.4 is 5.32 Å². The molecule has 8 heteroatoms. The van der Waals surface area contributed by atoms with Crippen molar-refractivity contribution >= 4 is 28.2 Å². The van der Waals surface area contributed by atoms with Crippen molar-refractivity contribution in [2.45, 2.75) is 25.0 Å². The van der Waals surface area contributed by atoms with Gasteiger partial charge in [0, 0.05) is 0 Å². The molecule has 0 aromatic carbocycles. The van der Waals surface area contributed by atoms with Crippen LogP contribution in [0, 0.1) is 6.92 Å². The first kappa shape index (κ1) is 13.3. The van der Waals surface area contributed by atoms with Crippen molar-refractivity contribution in [1.82, 2.24) is 10.2 Å². The summed E-state index contributed by atoms with van der Waals surface area (Å²) in [6, 6.07) is 3.47. The second-order valence-corrected chi connectivity index (χ2v) is 5.58. The molecule has 2 rings (SSSR count). The first-order valence-corrected chi connectivity index (χ1v) is 7.01. The zero-order chi connectivity index (χ0) is 13.0. The predicted molar refractivity (Wildman–Crippen MR) is 68.0 cm³/mol. The highest BCUT2D eigenvalue weighted by molar-refractivity contribution is 7.98. The highest BCUT2D eigenvalue weighted by Crippen LogP contribution is 2.22. The van der Waals surface area contributed by atoms with E-state index in [0.717, 1.165) is 5.01 Å². The minimum absolute atomic E-state index is 0.176. The maximum Gasteiger partial charge on any atom is 0.284 e. The Morgan fingerprint density at radius 3 is 2.83 bits per heavy atom. The first-order chi connectivity index (χ1) is 8.63. The fourth-order valence-corrected chi connectivity index (χ4v) is 2.30. The summed E-state index contributed by atoms with van der Waals surface area (Å²) in [4.78, 5) is 0. The molecule has 0 saturated heterocycles. The normalized spacial score (nSPS) is 11.1. The summed E-state index contributed by atoms with van der Waals surface area (Å²) in [5, 5.41) is 12.4. The number of anilines is 1. The summed E-state index contributed by atoms with van der Waals surface area (Å²) < 4.78 is 29.4. The molecule has 0 bridgehead atoms. The third-order valence-electron chi connectivity index (χ3n) is 2.01. The first-order valence-electron chi connectivity index (χ1n) is 5.15. The fraction of sp³-hybridized carbons (Fsp3) is 0.400. The average Bonchev–Trinajstić information content (AvgIpc) is 2.93. The number of aromatic nitrogens is 2. The summed E-state index contributed by atoms with van der Waals surface area (Å²) in [5.41, 5.74) is 0. The van der Waals surface area contributed by atoms with E-state index < -0.39 is 5.76 Å². The predicted octanol–water partition coefficient (Wildman–Crippen LogP) is 3.51. The molecule has 1 N–H and O–H groups in total. The van der Waals surface area contributed by atoms with Gasteiger partial charge >= 0.3 is 0 Å². The van der Waals surface area contributed by atoms with Crippen molar-refractivity contribution in [2.75, 3.05) is 5.32 Å². The molecule has 0 atom stereocenters. The lowest BCUT2D eigenvalue weighted by atomic mass is 10.4. The van der Waals surface area contributed by atoms with E-state index in [-0.39, 0.29) is 5.75 Å². The molecule has 0 aliphatic carbocycles. The molecule has 0 amide bonds. The minimum atomic E-state index is -2.37. The molecule has 0 saturated carbocycles. The van der Waals surface area contributed by atoms with Crippen LogP contribution in [0.1, 0.15) is 16.5 Å². The summed E-state index contributed by atoms with van der Waals surface area (Å²) in [6.45, 7) is 2.34. The van der Waals surface area contributed by atoms with E-state index in [2.05, 4.69) is 15.5 Å². The van der Waals surface area contributed by atoms with E-state index in [1.165, 1.54) is 11.3 Å². The lowest BCUT2D eigenvalue weighted by molar-refractivity contribution is 0.251. The van der Waals surface area contributed by atoms with Crippen molar-refractivity contribution in [3.63, 3.8) is 0 Å². The van der Waals surface area contributed by atoms with E-state index in [1.54, 1.807) is 12.1 Å². The quantitative estimate of drug-likeness (QED) is 0.882. The summed E-state index contributed by atoms with van der Waals surface area (Å²) in [6.07, 6.45) is 0. The van der Waals surface area contributed by atoms with Gasteiger partial charge in [0.05, 0.1) is 12.3 Å². The van der Waals surface area contributed by atoms with Gasteiger partial charge in [0.2, 0.25) is 5.13 Å². The van der Waals surface area contributed by atoms with E-state index in [0.29, 0.717) is 35.0 Å². The van der Waals surface area contributed by atoms with Crippen molar-refractivity contribution < 1.29 is 13.2 Å². The maximum absolute atomic E-state index is 12.0. The molecular formula is C10H11F2N3OS2. The van der Waals surface area contributed by atoms with Crippen LogP contribution in [0.15, 0.2) is 16.5 Å². The monoisotopic (exact) mass is 291 g/mol. The summed E-state index contributed by atoms with van der Waals surface area (Å²) in [5.74, 6) is -0.963. The van der Waals surface area contributed by atoms with Gasteiger partial charge in [-0.2, -0.15) is 8.78 Å². The Bertz CT molecular complexity index is 501. The number of alkyl halides is 2. The third-order valence-corrected chi connectivity index (χ3v) is 3.51. The van der Waals surface area contributed by atoms with Crippen LogP contribution >= 0.6 is 23.1 Å². The molecule has 98 valence electrons. The Kier molecular flexibility index (Phi) is 4.54. The standard InChI is InChI=1S/C10H11F2N3OS2/c1-6-14-15-10(18-6)13-4-7-2-3-8(16-7)5-17-9(11)12/h2-3,9H,4-5H2,1H3,(H,13,15). The van der Waals surface area contributed by atoms with Crippen LogP contribution in [0.25, 0.3) is 0 Å². The maximum atomic E-state index is 12.0. The van der Waals surface area contributed by atoms with Crippen LogP contribution in [0.3, 0.4) is 0 Å². The van der Waals surface area contributed by atoms with Gasteiger partial charge in [-0.1, -0.05) is 23.1 Å². The molecule has 0 spiro atoms. The molecule has 0 fully saturated rings. The number of rotatable bonds is 6. The highest BCUT2D eigenvalue weighted by atomic mass is 32.2. The molecule has 0 radical (unpaired) electrons. The Balaban J connectivity index is 1.83. The smallest absolute Gasteiger partial charge is 0.284 e. The van der Waals surface area contributed by atoms with Gasteiger partial charge in [0.25, 0.3) is 5.76 Å². The number of halogens is 2. The topological polar surface area (TPSA) is 51.0 Å². The molecule has 0 unspecified atom stereocenters. The van der Waals surface area contributed by atoms with E-state index in [9.17, 15) is 8.78 Å². The van der Waals surface area contributed by atoms with Crippen molar-refractivity contribution in [2.24, 2.45) is 0 Å². The Hall–Kier alpha value is -1.15. The van der Waals surface area contributed by atoms with Gasteiger partial charge < -0.3 is 9.73 Å². The van der Waals surface area contributed by atoms with Gasteiger partial charge in [0.15, 0.2) is 0 Å². The largest absolute Gasteiger partial charge is 0.463 e. The van der Waals surface area contributed by atoms with Crippen LogP contribution in [0.4, 0.5) is 13.9 Å². The molecule has 0 aliphatic rings. The molecule has 2 heterocycles. The lowest BCUT2D eigenvalue weighted by Crippen LogP contribution is -1.97. The van der Waals surface area contributed by atoms with Gasteiger partial charge in [0.1, 0.15) is 16.5 Å². The summed E-state index contributed by atoms with van der Waals surface area (Å²) in [7, 11) is 0. The molecule has 2 aromatic heterocycles. The van der Waals surface area contributed by atoms with Gasteiger partial charge in [-0.05, 0) is 19.1 Å². The van der Waals surface area contributed by atoms with Crippen molar-refractivity contribution in [3.8, 4) is 0 Å². The molecule has 0 aliphatic heterocycles. The zero-order valence-electron chi connectivity index (χ0n) is 9.52. The number of thioether (sulfide) groups is 1. The Morgan fingerprint density at radius 1 is 1.39 bits per heavy atom. The molecule has 4 nitrogen and oxygen atoms in total. The second-order valence-electron chi connectivity index (χ2n) is 3.42. The number of furan rings is 1. The van der Waals surface area contributed by atoms with Crippen LogP contribution in [0.2, 0.25) is 0 Å². The third kappa shape index (κ3) is 3.95. The van der Waals surface area contributed by atoms with Crippen molar-refractivity contribution in [3.05, 3.63) is 28.7 Å². The highest BCUT2D eigenvalue weighted by Gasteiger charge is 2.07. The number of nitrogens with zero attached hydrogens (tertiary/aromatic N) is 2. The van der Waals surface area contributed by atoms with Gasteiger partial charge in [-0.3, -0.25) is 0 Å². The van der Waals surface area contributed by atoms with Crippen LogP contribution in [0.5, 0.6) is 0 Å². The SMILES string of the molecule is Cc1nnc(NCc2ccc(CSC(F)F)o2)s1. The minimum Gasteiger partial charge on any atom is -0.463 e. The van der Waals surface area contributed by atoms with Crippen LogP contribution in [-0.4, -0.2) is 16.0 Å². The number of hydrogen-bond acceptors (Lipinski definition) is 6.